The molecular weight excluding hydrogens is 470 g/mol. The second-order valence-corrected chi connectivity index (χ2v) is 9.85. The van der Waals surface area contributed by atoms with Crippen molar-refractivity contribution in [1.29, 1.82) is 5.26 Å². The number of carbonyl (C=O) groups excluding carboxylic acids is 2. The van der Waals surface area contributed by atoms with Crippen LogP contribution >= 0.6 is 11.8 Å². The molecule has 3 aromatic carbocycles. The predicted molar refractivity (Wildman–Crippen MR) is 144 cm³/mol. The Bertz CT molecular complexity index is 1330. The van der Waals surface area contributed by atoms with Crippen LogP contribution < -0.4 is 15.0 Å². The van der Waals surface area contributed by atoms with E-state index in [1.165, 1.54) is 23.8 Å². The predicted octanol–water partition coefficient (Wildman–Crippen LogP) is 5.88. The molecule has 1 unspecified atom stereocenters. The molecule has 1 aliphatic heterocycles. The highest BCUT2D eigenvalue weighted by atomic mass is 32.2. The van der Waals surface area contributed by atoms with Crippen molar-refractivity contribution < 1.29 is 14.3 Å². The second kappa shape index (κ2) is 11.1. The first kappa shape index (κ1) is 25.1. The Morgan fingerprint density at radius 2 is 1.72 bits per heavy atom. The van der Waals surface area contributed by atoms with E-state index in [1.54, 1.807) is 24.3 Å². The van der Waals surface area contributed by atoms with Gasteiger partial charge in [-0.15, -0.1) is 0 Å². The minimum absolute atomic E-state index is 0.122. The maximum atomic E-state index is 13.7. The normalized spacial score (nSPS) is 16.6. The van der Waals surface area contributed by atoms with Gasteiger partial charge >= 0.3 is 0 Å². The number of nitrogens with zero attached hydrogens (tertiary/aromatic N) is 2. The van der Waals surface area contributed by atoms with Crippen molar-refractivity contribution >= 4 is 35.0 Å². The van der Waals surface area contributed by atoms with Crippen molar-refractivity contribution in [3.8, 4) is 11.8 Å². The summed E-state index contributed by atoms with van der Waals surface area (Å²) in [5.74, 6) is 0.0617. The van der Waals surface area contributed by atoms with Gasteiger partial charge < -0.3 is 10.1 Å². The van der Waals surface area contributed by atoms with Gasteiger partial charge in [0.25, 0.3) is 5.91 Å². The summed E-state index contributed by atoms with van der Waals surface area (Å²) in [5, 5.41) is 12.7. The standard InChI is InChI=1S/C29H27N3O3S/c1-19(2)21-13-15-22(16-14-21)32-28(34)26(17-20-9-5-4-6-10-20)36-29(32)23(18-30)27(33)31-24-11-7-8-12-25(24)35-3/h4-16,19,26H,17H2,1-3H3,(H,31,33)/b29-23-. The third-order valence-electron chi connectivity index (χ3n) is 5.94. The number of anilines is 2. The first-order chi connectivity index (χ1) is 17.4. The van der Waals surface area contributed by atoms with E-state index in [9.17, 15) is 14.9 Å². The highest BCUT2D eigenvalue weighted by Crippen LogP contribution is 2.42. The summed E-state index contributed by atoms with van der Waals surface area (Å²) in [4.78, 5) is 28.4. The van der Waals surface area contributed by atoms with Gasteiger partial charge in [0, 0.05) is 5.69 Å². The summed E-state index contributed by atoms with van der Waals surface area (Å²) in [6.45, 7) is 4.20. The Morgan fingerprint density at radius 3 is 2.36 bits per heavy atom. The molecule has 6 nitrogen and oxygen atoms in total. The molecule has 1 heterocycles. The van der Waals surface area contributed by atoms with Gasteiger partial charge in [0.2, 0.25) is 5.91 Å². The number of hydrogen-bond donors (Lipinski definition) is 1. The smallest absolute Gasteiger partial charge is 0.269 e. The van der Waals surface area contributed by atoms with Crippen molar-refractivity contribution in [1.82, 2.24) is 0 Å². The van der Waals surface area contributed by atoms with Crippen LogP contribution in [-0.2, 0) is 16.0 Å². The third-order valence-corrected chi connectivity index (χ3v) is 7.21. The first-order valence-electron chi connectivity index (χ1n) is 11.7. The largest absolute Gasteiger partial charge is 0.495 e. The summed E-state index contributed by atoms with van der Waals surface area (Å²) in [6, 6.07) is 26.4. The molecule has 1 fully saturated rings. The number of thioether (sulfide) groups is 1. The number of hydrogen-bond acceptors (Lipinski definition) is 5. The van der Waals surface area contributed by atoms with Gasteiger partial charge in [-0.25, -0.2) is 0 Å². The van der Waals surface area contributed by atoms with Crippen LogP contribution in [0.1, 0.15) is 30.9 Å². The number of ether oxygens (including phenoxy) is 1. The van der Waals surface area contributed by atoms with Crippen LogP contribution in [0.25, 0.3) is 0 Å². The molecular formula is C29H27N3O3S. The number of para-hydroxylation sites is 2. The molecule has 2 amide bonds. The number of nitrogens with one attached hydrogen (secondary N) is 1. The molecule has 3 aromatic rings. The molecule has 0 spiro atoms. The fourth-order valence-electron chi connectivity index (χ4n) is 3.99. The van der Waals surface area contributed by atoms with Gasteiger partial charge in [0.05, 0.1) is 18.0 Å². The molecule has 36 heavy (non-hydrogen) atoms. The molecule has 0 saturated carbocycles. The average molecular weight is 498 g/mol. The van der Waals surface area contributed by atoms with E-state index in [4.69, 9.17) is 4.74 Å². The molecule has 0 bridgehead atoms. The van der Waals surface area contributed by atoms with Crippen LogP contribution in [-0.4, -0.2) is 24.2 Å². The molecule has 1 aliphatic rings. The van der Waals surface area contributed by atoms with E-state index in [-0.39, 0.29) is 11.5 Å². The van der Waals surface area contributed by atoms with E-state index < -0.39 is 11.2 Å². The van der Waals surface area contributed by atoms with Crippen molar-refractivity contribution in [3.63, 3.8) is 0 Å². The van der Waals surface area contributed by atoms with Gasteiger partial charge in [0.1, 0.15) is 22.4 Å². The third kappa shape index (κ3) is 5.29. The van der Waals surface area contributed by atoms with Crippen LogP contribution in [0.15, 0.2) is 89.5 Å². The molecule has 0 aliphatic carbocycles. The summed E-state index contributed by atoms with van der Waals surface area (Å²) in [7, 11) is 1.51. The fourth-order valence-corrected chi connectivity index (χ4v) is 5.30. The number of carbonyl (C=O) groups is 2. The zero-order valence-corrected chi connectivity index (χ0v) is 21.2. The van der Waals surface area contributed by atoms with Crippen LogP contribution in [0.2, 0.25) is 0 Å². The zero-order chi connectivity index (χ0) is 25.7. The molecule has 182 valence electrons. The average Bonchev–Trinajstić information content (AvgIpc) is 3.20. The number of rotatable bonds is 7. The van der Waals surface area contributed by atoms with Crippen molar-refractivity contribution in [3.05, 3.63) is 101 Å². The van der Waals surface area contributed by atoms with Crippen LogP contribution in [0.3, 0.4) is 0 Å². The van der Waals surface area contributed by atoms with Gasteiger partial charge in [-0.2, -0.15) is 5.26 Å². The Labute approximate surface area is 215 Å². The molecule has 1 atom stereocenters. The fraction of sp³-hybridized carbons (Fsp3) is 0.207. The number of amides is 2. The van der Waals surface area contributed by atoms with Crippen LogP contribution in [0, 0.1) is 11.3 Å². The topological polar surface area (TPSA) is 82.4 Å². The lowest BCUT2D eigenvalue weighted by molar-refractivity contribution is -0.117. The lowest BCUT2D eigenvalue weighted by Gasteiger charge is -2.19. The lowest BCUT2D eigenvalue weighted by atomic mass is 10.0. The molecule has 1 saturated heterocycles. The molecule has 0 aromatic heterocycles. The SMILES string of the molecule is COc1ccccc1NC(=O)/C(C#N)=C1\SC(Cc2ccccc2)C(=O)N1c1ccc(C(C)C)cc1. The van der Waals surface area contributed by atoms with Gasteiger partial charge in [0.15, 0.2) is 0 Å². The quantitative estimate of drug-likeness (QED) is 0.325. The van der Waals surface area contributed by atoms with E-state index in [2.05, 4.69) is 19.2 Å². The van der Waals surface area contributed by atoms with E-state index in [0.29, 0.717) is 34.5 Å². The zero-order valence-electron chi connectivity index (χ0n) is 20.4. The van der Waals surface area contributed by atoms with Crippen molar-refractivity contribution in [2.24, 2.45) is 0 Å². The van der Waals surface area contributed by atoms with Gasteiger partial charge in [-0.3, -0.25) is 14.5 Å². The highest BCUT2D eigenvalue weighted by Gasteiger charge is 2.40. The summed E-state index contributed by atoms with van der Waals surface area (Å²) >= 11 is 1.25. The summed E-state index contributed by atoms with van der Waals surface area (Å²) in [5.41, 5.74) is 3.10. The van der Waals surface area contributed by atoms with Gasteiger partial charge in [-0.05, 0) is 47.7 Å². The molecule has 4 rings (SSSR count). The monoisotopic (exact) mass is 497 g/mol. The Kier molecular flexibility index (Phi) is 7.77. The van der Waals surface area contributed by atoms with E-state index in [0.717, 1.165) is 11.1 Å². The maximum Gasteiger partial charge on any atom is 0.269 e. The van der Waals surface area contributed by atoms with Crippen LogP contribution in [0.4, 0.5) is 11.4 Å². The minimum Gasteiger partial charge on any atom is -0.495 e. The van der Waals surface area contributed by atoms with E-state index in [1.807, 2.05) is 60.7 Å². The maximum absolute atomic E-state index is 13.7. The van der Waals surface area contributed by atoms with E-state index >= 15 is 0 Å². The summed E-state index contributed by atoms with van der Waals surface area (Å²) < 4.78 is 5.32. The molecule has 7 heteroatoms. The molecule has 0 radical (unpaired) electrons. The Hall–Kier alpha value is -4.02. The highest BCUT2D eigenvalue weighted by molar-refractivity contribution is 8.05. The number of nitriles is 1. The lowest BCUT2D eigenvalue weighted by Crippen LogP contribution is -2.31. The minimum atomic E-state index is -0.596. The van der Waals surface area contributed by atoms with Crippen LogP contribution in [0.5, 0.6) is 5.75 Å². The second-order valence-electron chi connectivity index (χ2n) is 8.66. The first-order valence-corrected chi connectivity index (χ1v) is 12.5. The van der Waals surface area contributed by atoms with Gasteiger partial charge in [-0.1, -0.05) is 80.2 Å². The summed E-state index contributed by atoms with van der Waals surface area (Å²) in [6.07, 6.45) is 0.487. The van der Waals surface area contributed by atoms with Crippen molar-refractivity contribution in [2.75, 3.05) is 17.3 Å². The Morgan fingerprint density at radius 1 is 1.06 bits per heavy atom. The molecule has 1 N–H and O–H groups in total. The van der Waals surface area contributed by atoms with Crippen molar-refractivity contribution in [2.45, 2.75) is 31.4 Å². The Balaban J connectivity index is 1.74. The number of benzene rings is 3. The number of methoxy groups -OCH3 is 1.